The molecular formula is C26H38NO2+. The van der Waals surface area contributed by atoms with Crippen molar-refractivity contribution in [3.8, 4) is 0 Å². The van der Waals surface area contributed by atoms with E-state index in [0.29, 0.717) is 24.2 Å². The molecule has 0 N–H and O–H groups in total. The molecule has 3 atom stereocenters. The van der Waals surface area contributed by atoms with Gasteiger partial charge < -0.3 is 9.22 Å². The first-order chi connectivity index (χ1) is 13.9. The van der Waals surface area contributed by atoms with E-state index in [1.54, 1.807) is 0 Å². The average Bonchev–Trinajstić information content (AvgIpc) is 2.94. The van der Waals surface area contributed by atoms with E-state index in [4.69, 9.17) is 4.74 Å². The van der Waals surface area contributed by atoms with Crippen LogP contribution >= 0.6 is 0 Å². The Morgan fingerprint density at radius 1 is 0.966 bits per heavy atom. The van der Waals surface area contributed by atoms with Crippen LogP contribution in [0.1, 0.15) is 78.2 Å². The molecule has 1 aliphatic carbocycles. The number of rotatable bonds is 5. The van der Waals surface area contributed by atoms with Gasteiger partial charge in [0.05, 0.1) is 30.1 Å². The normalized spacial score (nSPS) is 31.0. The summed E-state index contributed by atoms with van der Waals surface area (Å²) in [4.78, 5) is 13.2. The predicted molar refractivity (Wildman–Crippen MR) is 118 cm³/mol. The molecule has 2 saturated heterocycles. The van der Waals surface area contributed by atoms with Gasteiger partial charge in [-0.05, 0) is 58.1 Å². The molecule has 2 fully saturated rings. The van der Waals surface area contributed by atoms with E-state index in [9.17, 15) is 4.79 Å². The number of carbonyl (C=O) groups is 1. The van der Waals surface area contributed by atoms with Gasteiger partial charge in [-0.3, -0.25) is 4.79 Å². The van der Waals surface area contributed by atoms with Crippen LogP contribution in [0.5, 0.6) is 0 Å². The van der Waals surface area contributed by atoms with Crippen molar-refractivity contribution >= 4 is 11.5 Å². The summed E-state index contributed by atoms with van der Waals surface area (Å²) in [6, 6.07) is 12.9. The summed E-state index contributed by atoms with van der Waals surface area (Å²) >= 11 is 0. The highest BCUT2D eigenvalue weighted by atomic mass is 16.5. The molecule has 0 radical (unpaired) electrons. The Balaban J connectivity index is 1.48. The summed E-state index contributed by atoms with van der Waals surface area (Å²) in [5, 5.41) is 0. The average molecular weight is 397 g/mol. The van der Waals surface area contributed by atoms with Gasteiger partial charge in [-0.25, -0.2) is 0 Å². The molecule has 1 aromatic rings. The van der Waals surface area contributed by atoms with Gasteiger partial charge in [0.15, 0.2) is 0 Å². The smallest absolute Gasteiger partial charge is 0.313 e. The number of nitrogens with zero attached hydrogens (tertiary/aromatic N) is 1. The van der Waals surface area contributed by atoms with Crippen LogP contribution < -0.4 is 0 Å². The van der Waals surface area contributed by atoms with Gasteiger partial charge >= 0.3 is 5.97 Å². The van der Waals surface area contributed by atoms with Gasteiger partial charge in [0.2, 0.25) is 0 Å². The Hall–Kier alpha value is -1.61. The second-order valence-corrected chi connectivity index (χ2v) is 10.0. The first-order valence-corrected chi connectivity index (χ1v) is 11.8. The molecule has 2 heterocycles. The zero-order chi connectivity index (χ0) is 20.6. The molecule has 2 bridgehead atoms. The quantitative estimate of drug-likeness (QED) is 0.468. The fourth-order valence-corrected chi connectivity index (χ4v) is 7.13. The van der Waals surface area contributed by atoms with Gasteiger partial charge in [0.1, 0.15) is 6.10 Å². The van der Waals surface area contributed by atoms with E-state index in [2.05, 4.69) is 58.0 Å². The van der Waals surface area contributed by atoms with Crippen molar-refractivity contribution < 1.29 is 14.0 Å². The monoisotopic (exact) mass is 396 g/mol. The highest BCUT2D eigenvalue weighted by Crippen LogP contribution is 2.47. The number of allylic oxidation sites excluding steroid dienone is 1. The summed E-state index contributed by atoms with van der Waals surface area (Å²) in [6.07, 6.45) is 10.1. The van der Waals surface area contributed by atoms with E-state index >= 15 is 0 Å². The summed E-state index contributed by atoms with van der Waals surface area (Å²) in [5.74, 6) is -0.0847. The molecule has 2 aliphatic heterocycles. The Bertz CT molecular complexity index is 727. The van der Waals surface area contributed by atoms with Crippen molar-refractivity contribution in [1.82, 2.24) is 0 Å². The van der Waals surface area contributed by atoms with Crippen LogP contribution in [0.3, 0.4) is 0 Å². The lowest BCUT2D eigenvalue weighted by molar-refractivity contribution is -1.00. The fraction of sp³-hybridized carbons (Fsp3) is 0.654. The number of carbonyl (C=O) groups excluding carboxylic acids is 1. The number of piperidine rings is 1. The predicted octanol–water partition coefficient (Wildman–Crippen LogP) is 5.74. The fourth-order valence-electron chi connectivity index (χ4n) is 7.13. The largest absolute Gasteiger partial charge is 0.461 e. The zero-order valence-electron chi connectivity index (χ0n) is 18.6. The van der Waals surface area contributed by atoms with Gasteiger partial charge in [-0.1, -0.05) is 36.4 Å². The Kier molecular flexibility index (Phi) is 5.88. The summed E-state index contributed by atoms with van der Waals surface area (Å²) in [5.41, 5.74) is 2.35. The molecular weight excluding hydrogens is 358 g/mol. The van der Waals surface area contributed by atoms with Crippen molar-refractivity contribution in [3.05, 3.63) is 42.0 Å². The number of hydrogen-bond acceptors (Lipinski definition) is 2. The second-order valence-electron chi connectivity index (χ2n) is 10.0. The van der Waals surface area contributed by atoms with Crippen molar-refractivity contribution in [2.45, 2.75) is 103 Å². The van der Waals surface area contributed by atoms with E-state index in [-0.39, 0.29) is 18.0 Å². The number of quaternary nitrogens is 1. The minimum atomic E-state index is -0.0971. The summed E-state index contributed by atoms with van der Waals surface area (Å²) < 4.78 is 7.46. The lowest BCUT2D eigenvalue weighted by Crippen LogP contribution is -2.68. The molecule has 1 aromatic carbocycles. The SMILES string of the molecule is CC(C)[N+]1(C(C)C)C2CCC1CC(OC(=O)C1CCCC=C1c1ccccc1)C2. The molecule has 3 heteroatoms. The highest BCUT2D eigenvalue weighted by Gasteiger charge is 2.57. The zero-order valence-corrected chi connectivity index (χ0v) is 18.6. The third-order valence-corrected chi connectivity index (χ3v) is 8.07. The maximum Gasteiger partial charge on any atom is 0.313 e. The van der Waals surface area contributed by atoms with Crippen LogP contribution in [0.2, 0.25) is 0 Å². The van der Waals surface area contributed by atoms with Gasteiger partial charge in [0.25, 0.3) is 0 Å². The van der Waals surface area contributed by atoms with Crippen LogP contribution in [0.4, 0.5) is 0 Å². The minimum Gasteiger partial charge on any atom is -0.461 e. The van der Waals surface area contributed by atoms with Crippen LogP contribution in [0.25, 0.3) is 5.57 Å². The van der Waals surface area contributed by atoms with Crippen molar-refractivity contribution in [3.63, 3.8) is 0 Å². The molecule has 0 saturated carbocycles. The number of ether oxygens (including phenoxy) is 1. The highest BCUT2D eigenvalue weighted by molar-refractivity contribution is 5.89. The molecule has 29 heavy (non-hydrogen) atoms. The maximum absolute atomic E-state index is 13.2. The minimum absolute atomic E-state index is 0.0123. The maximum atomic E-state index is 13.2. The first-order valence-electron chi connectivity index (χ1n) is 11.8. The Labute approximate surface area is 176 Å². The lowest BCUT2D eigenvalue weighted by Gasteiger charge is -2.55. The van der Waals surface area contributed by atoms with Crippen LogP contribution in [-0.2, 0) is 9.53 Å². The number of benzene rings is 1. The number of esters is 1. The molecule has 3 unspecified atom stereocenters. The molecule has 3 aliphatic rings. The van der Waals surface area contributed by atoms with Crippen molar-refractivity contribution in [1.29, 1.82) is 0 Å². The van der Waals surface area contributed by atoms with Crippen molar-refractivity contribution in [2.75, 3.05) is 0 Å². The van der Waals surface area contributed by atoms with E-state index in [1.807, 2.05) is 6.07 Å². The molecule has 0 amide bonds. The second kappa shape index (κ2) is 8.26. The van der Waals surface area contributed by atoms with Gasteiger partial charge in [-0.15, -0.1) is 0 Å². The third kappa shape index (κ3) is 3.56. The van der Waals surface area contributed by atoms with Crippen molar-refractivity contribution in [2.24, 2.45) is 5.92 Å². The standard InChI is InChI=1S/C26H38NO2/c1-18(2)27(19(3)4)21-14-15-22(27)17-23(16-21)29-26(28)25-13-9-8-12-24(25)20-10-6-5-7-11-20/h5-7,10-12,18-19,21-23,25H,8-9,13-17H2,1-4H3/q+1. The van der Waals surface area contributed by atoms with Crippen LogP contribution in [-0.4, -0.2) is 40.7 Å². The van der Waals surface area contributed by atoms with E-state index < -0.39 is 0 Å². The van der Waals surface area contributed by atoms with Crippen LogP contribution in [0, 0.1) is 5.92 Å². The number of fused-ring (bicyclic) bond motifs is 2. The van der Waals surface area contributed by atoms with Crippen LogP contribution in [0.15, 0.2) is 36.4 Å². The van der Waals surface area contributed by atoms with Gasteiger partial charge in [0, 0.05) is 25.7 Å². The first kappa shape index (κ1) is 20.7. The number of hydrogen-bond donors (Lipinski definition) is 0. The van der Waals surface area contributed by atoms with E-state index in [0.717, 1.165) is 32.1 Å². The topological polar surface area (TPSA) is 26.3 Å². The molecule has 0 aromatic heterocycles. The Morgan fingerprint density at radius 3 is 2.17 bits per heavy atom. The molecule has 158 valence electrons. The third-order valence-electron chi connectivity index (χ3n) is 8.07. The molecule has 4 rings (SSSR count). The van der Waals surface area contributed by atoms with Gasteiger partial charge in [-0.2, -0.15) is 0 Å². The molecule has 3 nitrogen and oxygen atoms in total. The Morgan fingerprint density at radius 2 is 1.59 bits per heavy atom. The molecule has 0 spiro atoms. The lowest BCUT2D eigenvalue weighted by atomic mass is 9.83. The summed E-state index contributed by atoms with van der Waals surface area (Å²) in [6.45, 7) is 9.54. The van der Waals surface area contributed by atoms with E-state index in [1.165, 1.54) is 28.5 Å². The summed E-state index contributed by atoms with van der Waals surface area (Å²) in [7, 11) is 0.